The smallest absolute Gasteiger partial charge is 0.338 e. The van der Waals surface area contributed by atoms with Gasteiger partial charge in [-0.2, -0.15) is 0 Å². The maximum atomic E-state index is 12.0. The molecule has 1 heterocycles. The molecular formula is C17H24N2O3. The minimum absolute atomic E-state index is 0.0144. The molecule has 0 bridgehead atoms. The summed E-state index contributed by atoms with van der Waals surface area (Å²) in [5.74, 6) is -0.361. The molecular weight excluding hydrogens is 280 g/mol. The highest BCUT2D eigenvalue weighted by Crippen LogP contribution is 2.12. The molecule has 0 spiro atoms. The molecule has 22 heavy (non-hydrogen) atoms. The Morgan fingerprint density at radius 2 is 1.77 bits per heavy atom. The van der Waals surface area contributed by atoms with Crippen molar-refractivity contribution in [1.29, 1.82) is 0 Å². The Morgan fingerprint density at radius 3 is 2.36 bits per heavy atom. The van der Waals surface area contributed by atoms with Gasteiger partial charge in [0.15, 0.2) is 0 Å². The van der Waals surface area contributed by atoms with Crippen LogP contribution in [-0.4, -0.2) is 42.5 Å². The first-order chi connectivity index (χ1) is 10.5. The van der Waals surface area contributed by atoms with E-state index in [9.17, 15) is 9.59 Å². The fourth-order valence-electron chi connectivity index (χ4n) is 2.49. The molecule has 0 atom stereocenters. The van der Waals surface area contributed by atoms with Crippen LogP contribution in [0, 0.1) is 0 Å². The molecule has 120 valence electrons. The number of piperidine rings is 1. The highest BCUT2D eigenvalue weighted by molar-refractivity contribution is 5.94. The summed E-state index contributed by atoms with van der Waals surface area (Å²) in [5.41, 5.74) is 1.19. The number of nitrogens with one attached hydrogen (secondary N) is 1. The summed E-state index contributed by atoms with van der Waals surface area (Å²) in [5, 5.41) is 2.86. The SMILES string of the molecule is CC(C)OC(=O)c1ccc(NC(=O)CN2CCCCC2)cc1. The van der Waals surface area contributed by atoms with Crippen LogP contribution in [0.3, 0.4) is 0 Å². The van der Waals surface area contributed by atoms with Crippen molar-refractivity contribution >= 4 is 17.6 Å². The first kappa shape index (κ1) is 16.5. The van der Waals surface area contributed by atoms with E-state index in [0.29, 0.717) is 17.8 Å². The standard InChI is InChI=1S/C17H24N2O3/c1-13(2)22-17(21)14-6-8-15(9-7-14)18-16(20)12-19-10-4-3-5-11-19/h6-9,13H,3-5,10-12H2,1-2H3,(H,18,20). The third-order valence-corrected chi connectivity index (χ3v) is 3.56. The van der Waals surface area contributed by atoms with Crippen molar-refractivity contribution in [3.63, 3.8) is 0 Å². The van der Waals surface area contributed by atoms with Gasteiger partial charge in [-0.25, -0.2) is 4.79 Å². The van der Waals surface area contributed by atoms with Crippen molar-refractivity contribution in [3.8, 4) is 0 Å². The van der Waals surface area contributed by atoms with Crippen LogP contribution in [0.4, 0.5) is 5.69 Å². The van der Waals surface area contributed by atoms with Crippen LogP contribution in [0.5, 0.6) is 0 Å². The zero-order chi connectivity index (χ0) is 15.9. The van der Waals surface area contributed by atoms with Gasteiger partial charge in [0.05, 0.1) is 18.2 Å². The number of carbonyl (C=O) groups excluding carboxylic acids is 2. The highest BCUT2D eigenvalue weighted by atomic mass is 16.5. The molecule has 2 rings (SSSR count). The number of nitrogens with zero attached hydrogens (tertiary/aromatic N) is 1. The normalized spacial score (nSPS) is 15.6. The van der Waals surface area contributed by atoms with Crippen LogP contribution in [0.2, 0.25) is 0 Å². The number of anilines is 1. The summed E-state index contributed by atoms with van der Waals surface area (Å²) in [6.07, 6.45) is 3.45. The molecule has 5 nitrogen and oxygen atoms in total. The van der Waals surface area contributed by atoms with Crippen molar-refractivity contribution in [3.05, 3.63) is 29.8 Å². The second-order valence-electron chi connectivity index (χ2n) is 5.92. The Labute approximate surface area is 131 Å². The molecule has 1 aromatic rings. The number of amides is 1. The van der Waals surface area contributed by atoms with Gasteiger partial charge < -0.3 is 10.1 Å². The van der Waals surface area contributed by atoms with Gasteiger partial charge in [-0.05, 0) is 64.0 Å². The third-order valence-electron chi connectivity index (χ3n) is 3.56. The third kappa shape index (κ3) is 5.15. The summed E-state index contributed by atoms with van der Waals surface area (Å²) in [6.45, 7) is 6.04. The van der Waals surface area contributed by atoms with Crippen LogP contribution in [0.25, 0.3) is 0 Å². The summed E-state index contributed by atoms with van der Waals surface area (Å²) >= 11 is 0. The number of carbonyl (C=O) groups is 2. The first-order valence-corrected chi connectivity index (χ1v) is 7.88. The Hall–Kier alpha value is -1.88. The zero-order valence-electron chi connectivity index (χ0n) is 13.3. The molecule has 1 amide bonds. The number of esters is 1. The number of ether oxygens (including phenoxy) is 1. The summed E-state index contributed by atoms with van der Waals surface area (Å²) in [4.78, 5) is 25.9. The molecule has 0 saturated carbocycles. The van der Waals surface area contributed by atoms with Gasteiger partial charge in [-0.15, -0.1) is 0 Å². The molecule has 0 unspecified atom stereocenters. The second kappa shape index (κ2) is 7.94. The van der Waals surface area contributed by atoms with E-state index < -0.39 is 0 Å². The predicted molar refractivity (Wildman–Crippen MR) is 85.9 cm³/mol. The van der Waals surface area contributed by atoms with Gasteiger partial charge >= 0.3 is 5.97 Å². The molecule has 1 aliphatic heterocycles. The summed E-state index contributed by atoms with van der Waals surface area (Å²) in [7, 11) is 0. The van der Waals surface area contributed by atoms with Gasteiger partial charge in [0.2, 0.25) is 5.91 Å². The predicted octanol–water partition coefficient (Wildman–Crippen LogP) is 2.68. The molecule has 0 radical (unpaired) electrons. The van der Waals surface area contributed by atoms with Crippen LogP contribution < -0.4 is 5.32 Å². The number of rotatable bonds is 5. The number of hydrogen-bond donors (Lipinski definition) is 1. The lowest BCUT2D eigenvalue weighted by Gasteiger charge is -2.25. The van der Waals surface area contributed by atoms with Gasteiger partial charge in [-0.3, -0.25) is 9.69 Å². The van der Waals surface area contributed by atoms with Gasteiger partial charge in [-0.1, -0.05) is 6.42 Å². The first-order valence-electron chi connectivity index (χ1n) is 7.88. The van der Waals surface area contributed by atoms with E-state index in [4.69, 9.17) is 4.74 Å². The van der Waals surface area contributed by atoms with Crippen molar-refractivity contribution in [2.75, 3.05) is 25.0 Å². The Morgan fingerprint density at radius 1 is 1.14 bits per heavy atom. The highest BCUT2D eigenvalue weighted by Gasteiger charge is 2.14. The van der Waals surface area contributed by atoms with Crippen LogP contribution >= 0.6 is 0 Å². The van der Waals surface area contributed by atoms with Crippen LogP contribution in [0.15, 0.2) is 24.3 Å². The molecule has 1 saturated heterocycles. The van der Waals surface area contributed by atoms with E-state index in [2.05, 4.69) is 10.2 Å². The largest absolute Gasteiger partial charge is 0.459 e. The number of likely N-dealkylation sites (tertiary alicyclic amines) is 1. The molecule has 5 heteroatoms. The average molecular weight is 304 g/mol. The Balaban J connectivity index is 1.85. The minimum atomic E-state index is -0.346. The molecule has 0 aromatic heterocycles. The van der Waals surface area contributed by atoms with Crippen molar-refractivity contribution in [2.24, 2.45) is 0 Å². The van der Waals surface area contributed by atoms with E-state index in [1.165, 1.54) is 19.3 Å². The minimum Gasteiger partial charge on any atom is -0.459 e. The number of hydrogen-bond acceptors (Lipinski definition) is 4. The topological polar surface area (TPSA) is 58.6 Å². The fourth-order valence-corrected chi connectivity index (χ4v) is 2.49. The molecule has 1 aromatic carbocycles. The van der Waals surface area contributed by atoms with Crippen molar-refractivity contribution in [1.82, 2.24) is 4.90 Å². The van der Waals surface area contributed by atoms with Crippen molar-refractivity contribution in [2.45, 2.75) is 39.2 Å². The van der Waals surface area contributed by atoms with Crippen LogP contribution in [-0.2, 0) is 9.53 Å². The molecule has 1 aliphatic rings. The second-order valence-corrected chi connectivity index (χ2v) is 5.92. The van der Waals surface area contributed by atoms with Gasteiger partial charge in [0.25, 0.3) is 0 Å². The number of benzene rings is 1. The maximum absolute atomic E-state index is 12.0. The van der Waals surface area contributed by atoms with Crippen LogP contribution in [0.1, 0.15) is 43.5 Å². The van der Waals surface area contributed by atoms with E-state index in [0.717, 1.165) is 13.1 Å². The van der Waals surface area contributed by atoms with E-state index in [1.54, 1.807) is 24.3 Å². The molecule has 0 aliphatic carbocycles. The quantitative estimate of drug-likeness (QED) is 0.850. The lowest BCUT2D eigenvalue weighted by molar-refractivity contribution is -0.117. The maximum Gasteiger partial charge on any atom is 0.338 e. The fraction of sp³-hybridized carbons (Fsp3) is 0.529. The van der Waals surface area contributed by atoms with Gasteiger partial charge in [0, 0.05) is 5.69 Å². The summed E-state index contributed by atoms with van der Waals surface area (Å²) in [6, 6.07) is 6.79. The summed E-state index contributed by atoms with van der Waals surface area (Å²) < 4.78 is 5.12. The molecule has 1 fully saturated rings. The van der Waals surface area contributed by atoms with E-state index >= 15 is 0 Å². The van der Waals surface area contributed by atoms with E-state index in [1.807, 2.05) is 13.8 Å². The lowest BCUT2D eigenvalue weighted by atomic mass is 10.1. The zero-order valence-corrected chi connectivity index (χ0v) is 13.3. The average Bonchev–Trinajstić information content (AvgIpc) is 2.48. The van der Waals surface area contributed by atoms with Crippen molar-refractivity contribution < 1.29 is 14.3 Å². The lowest BCUT2D eigenvalue weighted by Crippen LogP contribution is -2.36. The van der Waals surface area contributed by atoms with E-state index in [-0.39, 0.29) is 18.0 Å². The monoisotopic (exact) mass is 304 g/mol. The van der Waals surface area contributed by atoms with Gasteiger partial charge in [0.1, 0.15) is 0 Å². The Kier molecular flexibility index (Phi) is 5.95. The molecule has 1 N–H and O–H groups in total. The Bertz CT molecular complexity index is 505.